The van der Waals surface area contributed by atoms with Gasteiger partial charge in [-0.2, -0.15) is 5.10 Å². The number of anilines is 1. The van der Waals surface area contributed by atoms with Gasteiger partial charge in [-0.05, 0) is 42.9 Å². The van der Waals surface area contributed by atoms with E-state index in [1.807, 2.05) is 30.5 Å². The number of benzene rings is 1. The number of H-pyrrole nitrogens is 1. The number of aromatic nitrogens is 2. The Morgan fingerprint density at radius 1 is 1.41 bits per heavy atom. The number of para-hydroxylation sites is 1. The SMILES string of the molecule is Cl.Nc1ccccc1CCC(=O)NC1CCCc2cn[nH]c21. The first-order valence-corrected chi connectivity index (χ1v) is 7.39. The smallest absolute Gasteiger partial charge is 0.220 e. The number of fused-ring (bicyclic) bond motifs is 1. The average Bonchev–Trinajstić information content (AvgIpc) is 2.96. The van der Waals surface area contributed by atoms with E-state index in [1.54, 1.807) is 0 Å². The number of aromatic amines is 1. The number of nitrogens with zero attached hydrogens (tertiary/aromatic N) is 1. The molecule has 0 bridgehead atoms. The Balaban J connectivity index is 0.00000176. The van der Waals surface area contributed by atoms with Gasteiger partial charge in [0.1, 0.15) is 0 Å². The minimum atomic E-state index is 0. The molecular formula is C16H21ClN4O. The molecular weight excluding hydrogens is 300 g/mol. The summed E-state index contributed by atoms with van der Waals surface area (Å²) in [6.07, 6.45) is 6.07. The Morgan fingerprint density at radius 2 is 2.23 bits per heavy atom. The molecule has 0 aliphatic heterocycles. The molecule has 3 rings (SSSR count). The first-order chi connectivity index (χ1) is 10.2. The summed E-state index contributed by atoms with van der Waals surface area (Å²) in [7, 11) is 0. The lowest BCUT2D eigenvalue weighted by atomic mass is 9.93. The summed E-state index contributed by atoms with van der Waals surface area (Å²) in [6, 6.07) is 7.75. The van der Waals surface area contributed by atoms with Crippen LogP contribution in [0.1, 0.15) is 42.1 Å². The highest BCUT2D eigenvalue weighted by Gasteiger charge is 2.23. The van der Waals surface area contributed by atoms with Crippen LogP contribution in [-0.2, 0) is 17.6 Å². The number of hydrogen-bond donors (Lipinski definition) is 3. The largest absolute Gasteiger partial charge is 0.399 e. The lowest BCUT2D eigenvalue weighted by molar-refractivity contribution is -0.121. The maximum absolute atomic E-state index is 12.1. The number of halogens is 1. The third kappa shape index (κ3) is 3.60. The molecule has 0 saturated carbocycles. The van der Waals surface area contributed by atoms with E-state index in [1.165, 1.54) is 5.56 Å². The van der Waals surface area contributed by atoms with Crippen LogP contribution in [-0.4, -0.2) is 16.1 Å². The van der Waals surface area contributed by atoms with Crippen molar-refractivity contribution in [3.63, 3.8) is 0 Å². The highest BCUT2D eigenvalue weighted by Crippen LogP contribution is 2.27. The zero-order valence-corrected chi connectivity index (χ0v) is 13.2. The molecule has 1 heterocycles. The van der Waals surface area contributed by atoms with Gasteiger partial charge in [0.05, 0.1) is 17.9 Å². The molecule has 2 aromatic rings. The van der Waals surface area contributed by atoms with Crippen LogP contribution in [0.2, 0.25) is 0 Å². The van der Waals surface area contributed by atoms with Crippen LogP contribution in [0, 0.1) is 0 Å². The van der Waals surface area contributed by atoms with E-state index in [9.17, 15) is 4.79 Å². The van der Waals surface area contributed by atoms with E-state index < -0.39 is 0 Å². The van der Waals surface area contributed by atoms with Crippen LogP contribution in [0.3, 0.4) is 0 Å². The monoisotopic (exact) mass is 320 g/mol. The Bertz CT molecular complexity index is 641. The van der Waals surface area contributed by atoms with E-state index in [0.29, 0.717) is 12.8 Å². The van der Waals surface area contributed by atoms with Gasteiger partial charge in [0.25, 0.3) is 0 Å². The van der Waals surface area contributed by atoms with Crippen molar-refractivity contribution in [2.75, 3.05) is 5.73 Å². The number of nitrogens with two attached hydrogens (primary N) is 1. The molecule has 1 unspecified atom stereocenters. The summed E-state index contributed by atoms with van der Waals surface area (Å²) in [5, 5.41) is 10.2. The molecule has 6 heteroatoms. The molecule has 0 spiro atoms. The van der Waals surface area contributed by atoms with Crippen molar-refractivity contribution in [1.29, 1.82) is 0 Å². The maximum Gasteiger partial charge on any atom is 0.220 e. The lowest BCUT2D eigenvalue weighted by Crippen LogP contribution is -2.31. The minimum Gasteiger partial charge on any atom is -0.399 e. The van der Waals surface area contributed by atoms with Gasteiger partial charge in [-0.1, -0.05) is 18.2 Å². The van der Waals surface area contributed by atoms with Gasteiger partial charge in [0.2, 0.25) is 5.91 Å². The summed E-state index contributed by atoms with van der Waals surface area (Å²) in [5.74, 6) is 0.0608. The molecule has 118 valence electrons. The van der Waals surface area contributed by atoms with Crippen LogP contribution in [0.15, 0.2) is 30.5 Å². The van der Waals surface area contributed by atoms with Gasteiger partial charge in [-0.15, -0.1) is 12.4 Å². The van der Waals surface area contributed by atoms with E-state index in [2.05, 4.69) is 15.5 Å². The summed E-state index contributed by atoms with van der Waals surface area (Å²) in [4.78, 5) is 12.1. The fourth-order valence-corrected chi connectivity index (χ4v) is 2.88. The normalized spacial score (nSPS) is 16.5. The third-order valence-electron chi connectivity index (χ3n) is 4.05. The average molecular weight is 321 g/mol. The van der Waals surface area contributed by atoms with Crippen molar-refractivity contribution in [2.45, 2.75) is 38.1 Å². The van der Waals surface area contributed by atoms with Crippen molar-refractivity contribution in [1.82, 2.24) is 15.5 Å². The first-order valence-electron chi connectivity index (χ1n) is 7.39. The zero-order valence-electron chi connectivity index (χ0n) is 12.3. The Labute approximate surface area is 136 Å². The molecule has 1 aromatic heterocycles. The Kier molecular flexibility index (Phi) is 5.44. The molecule has 5 nitrogen and oxygen atoms in total. The number of nitrogen functional groups attached to an aromatic ring is 1. The third-order valence-corrected chi connectivity index (χ3v) is 4.05. The number of carbonyl (C=O) groups excluding carboxylic acids is 1. The van der Waals surface area contributed by atoms with Gasteiger partial charge < -0.3 is 11.1 Å². The van der Waals surface area contributed by atoms with E-state index in [4.69, 9.17) is 5.73 Å². The van der Waals surface area contributed by atoms with E-state index in [0.717, 1.165) is 36.2 Å². The fourth-order valence-electron chi connectivity index (χ4n) is 2.88. The van der Waals surface area contributed by atoms with Crippen LogP contribution in [0.4, 0.5) is 5.69 Å². The first kappa shape index (κ1) is 16.4. The van der Waals surface area contributed by atoms with Crippen LogP contribution in [0.5, 0.6) is 0 Å². The summed E-state index contributed by atoms with van der Waals surface area (Å²) in [6.45, 7) is 0. The number of nitrogens with one attached hydrogen (secondary N) is 2. The molecule has 1 amide bonds. The van der Waals surface area contributed by atoms with Gasteiger partial charge in [0, 0.05) is 12.1 Å². The summed E-state index contributed by atoms with van der Waals surface area (Å²) in [5.41, 5.74) is 9.96. The van der Waals surface area contributed by atoms with Gasteiger partial charge in [0.15, 0.2) is 0 Å². The molecule has 4 N–H and O–H groups in total. The summed E-state index contributed by atoms with van der Waals surface area (Å²) >= 11 is 0. The van der Waals surface area contributed by atoms with Crippen LogP contribution in [0.25, 0.3) is 0 Å². The molecule has 0 saturated heterocycles. The van der Waals surface area contributed by atoms with Gasteiger partial charge in [-0.25, -0.2) is 0 Å². The second-order valence-corrected chi connectivity index (χ2v) is 5.52. The Morgan fingerprint density at radius 3 is 3.05 bits per heavy atom. The molecule has 1 aliphatic carbocycles. The second-order valence-electron chi connectivity index (χ2n) is 5.52. The zero-order chi connectivity index (χ0) is 14.7. The van der Waals surface area contributed by atoms with Gasteiger partial charge >= 0.3 is 0 Å². The molecule has 1 aromatic carbocycles. The van der Waals surface area contributed by atoms with Crippen molar-refractivity contribution in [2.24, 2.45) is 0 Å². The quantitative estimate of drug-likeness (QED) is 0.757. The predicted octanol–water partition coefficient (Wildman–Crippen LogP) is 2.54. The van der Waals surface area contributed by atoms with Gasteiger partial charge in [-0.3, -0.25) is 9.89 Å². The number of rotatable bonds is 4. The van der Waals surface area contributed by atoms with Crippen molar-refractivity contribution >= 4 is 24.0 Å². The number of amides is 1. The molecule has 0 fully saturated rings. The Hall–Kier alpha value is -2.01. The maximum atomic E-state index is 12.1. The van der Waals surface area contributed by atoms with Crippen molar-refractivity contribution < 1.29 is 4.79 Å². The van der Waals surface area contributed by atoms with Crippen molar-refractivity contribution in [3.05, 3.63) is 47.3 Å². The lowest BCUT2D eigenvalue weighted by Gasteiger charge is -2.23. The fraction of sp³-hybridized carbons (Fsp3) is 0.375. The highest BCUT2D eigenvalue weighted by atomic mass is 35.5. The summed E-state index contributed by atoms with van der Waals surface area (Å²) < 4.78 is 0. The van der Waals surface area contributed by atoms with Crippen molar-refractivity contribution in [3.8, 4) is 0 Å². The molecule has 0 radical (unpaired) electrons. The van der Waals surface area contributed by atoms with E-state index >= 15 is 0 Å². The van der Waals surface area contributed by atoms with Crippen LogP contribution >= 0.6 is 12.4 Å². The van der Waals surface area contributed by atoms with E-state index in [-0.39, 0.29) is 24.4 Å². The molecule has 22 heavy (non-hydrogen) atoms. The standard InChI is InChI=1S/C16H20N4O.ClH/c17-13-6-2-1-4-11(13)8-9-15(21)19-14-7-3-5-12-10-18-20-16(12)14;/h1-2,4,6,10,14H,3,5,7-9,17H2,(H,18,20)(H,19,21);1H. The topological polar surface area (TPSA) is 83.8 Å². The highest BCUT2D eigenvalue weighted by molar-refractivity contribution is 5.85. The minimum absolute atomic E-state index is 0. The second kappa shape index (κ2) is 7.31. The van der Waals surface area contributed by atoms with Crippen LogP contribution < -0.4 is 11.1 Å². The number of hydrogen-bond acceptors (Lipinski definition) is 3. The number of aryl methyl sites for hydroxylation is 2. The molecule has 1 atom stereocenters. The molecule has 1 aliphatic rings. The predicted molar refractivity (Wildman–Crippen MR) is 88.8 cm³/mol. The number of carbonyl (C=O) groups is 1.